The summed E-state index contributed by atoms with van der Waals surface area (Å²) in [6.45, 7) is 5.38. The molecule has 2 N–H and O–H groups in total. The predicted molar refractivity (Wildman–Crippen MR) is 56.5 cm³/mol. The maximum atomic E-state index is 9.47. The van der Waals surface area contributed by atoms with Crippen LogP contribution in [0.1, 0.15) is 0 Å². The number of likely N-dealkylation sites (N-methyl/N-ethyl adjacent to an activating group) is 2. The van der Waals surface area contributed by atoms with Gasteiger partial charge in [-0.25, -0.2) is 0 Å². The van der Waals surface area contributed by atoms with E-state index in [0.717, 1.165) is 19.2 Å². The minimum atomic E-state index is -0.481. The van der Waals surface area contributed by atoms with Gasteiger partial charge in [0.1, 0.15) is 0 Å². The quantitative estimate of drug-likeness (QED) is 0.618. The van der Waals surface area contributed by atoms with Crippen molar-refractivity contribution in [1.82, 2.24) is 9.80 Å². The van der Waals surface area contributed by atoms with Gasteiger partial charge in [0.2, 0.25) is 5.91 Å². The first-order chi connectivity index (χ1) is 5.90. The van der Waals surface area contributed by atoms with Crippen LogP contribution in [0.15, 0.2) is 12.7 Å². The largest absolute Gasteiger partial charge is 0.366 e. The Morgan fingerprint density at radius 3 is 1.54 bits per heavy atom. The Balaban J connectivity index is 0. The van der Waals surface area contributed by atoms with E-state index in [1.54, 1.807) is 0 Å². The van der Waals surface area contributed by atoms with Crippen LogP contribution in [-0.4, -0.2) is 57.0 Å². The smallest absolute Gasteiger partial charge is 0.240 e. The van der Waals surface area contributed by atoms with Gasteiger partial charge in [-0.05, 0) is 34.3 Å². The molecule has 0 heterocycles. The fourth-order valence-corrected chi connectivity index (χ4v) is 0.400. The van der Waals surface area contributed by atoms with Crippen LogP contribution in [0.4, 0.5) is 0 Å². The number of nitrogens with zero attached hydrogens (tertiary/aromatic N) is 2. The van der Waals surface area contributed by atoms with Gasteiger partial charge in [0.15, 0.2) is 0 Å². The molecule has 78 valence electrons. The summed E-state index contributed by atoms with van der Waals surface area (Å²) in [5.74, 6) is -0.481. The van der Waals surface area contributed by atoms with Gasteiger partial charge < -0.3 is 15.5 Å². The second kappa shape index (κ2) is 9.22. The molecule has 0 bridgehead atoms. The number of amides is 1. The molecular weight excluding hydrogens is 166 g/mol. The molecule has 0 spiro atoms. The van der Waals surface area contributed by atoms with Crippen LogP contribution in [0.25, 0.3) is 0 Å². The molecule has 0 radical (unpaired) electrons. The lowest BCUT2D eigenvalue weighted by molar-refractivity contribution is -0.113. The summed E-state index contributed by atoms with van der Waals surface area (Å²) in [5.41, 5.74) is 4.53. The van der Waals surface area contributed by atoms with Crippen molar-refractivity contribution in [3.8, 4) is 0 Å². The zero-order chi connectivity index (χ0) is 10.9. The first kappa shape index (κ1) is 14.6. The van der Waals surface area contributed by atoms with Gasteiger partial charge in [-0.1, -0.05) is 6.58 Å². The number of rotatable bonds is 4. The van der Waals surface area contributed by atoms with Crippen molar-refractivity contribution in [2.75, 3.05) is 41.3 Å². The number of primary amides is 1. The summed E-state index contributed by atoms with van der Waals surface area (Å²) in [4.78, 5) is 13.8. The minimum Gasteiger partial charge on any atom is -0.366 e. The highest BCUT2D eigenvalue weighted by Crippen LogP contribution is 1.76. The molecular formula is C9H21N3O. The summed E-state index contributed by atoms with van der Waals surface area (Å²) < 4.78 is 0. The van der Waals surface area contributed by atoms with E-state index in [4.69, 9.17) is 0 Å². The molecule has 1 amide bonds. The third-order valence-corrected chi connectivity index (χ3v) is 1.20. The van der Waals surface area contributed by atoms with E-state index < -0.39 is 5.91 Å². The van der Waals surface area contributed by atoms with Crippen molar-refractivity contribution in [3.05, 3.63) is 12.7 Å². The van der Waals surface area contributed by atoms with Crippen molar-refractivity contribution in [1.29, 1.82) is 0 Å². The van der Waals surface area contributed by atoms with Crippen molar-refractivity contribution in [2.24, 2.45) is 5.73 Å². The Morgan fingerprint density at radius 2 is 1.46 bits per heavy atom. The van der Waals surface area contributed by atoms with Crippen LogP contribution in [0.5, 0.6) is 0 Å². The molecule has 0 rings (SSSR count). The number of carbonyl (C=O) groups excluding carboxylic acids is 1. The Labute approximate surface area is 81.0 Å². The first-order valence-electron chi connectivity index (χ1n) is 4.11. The van der Waals surface area contributed by atoms with E-state index in [9.17, 15) is 4.79 Å². The lowest BCUT2D eigenvalue weighted by Gasteiger charge is -2.13. The van der Waals surface area contributed by atoms with Crippen LogP contribution in [0, 0.1) is 0 Å². The highest BCUT2D eigenvalue weighted by molar-refractivity contribution is 5.84. The summed E-state index contributed by atoms with van der Waals surface area (Å²) in [5, 5.41) is 0. The molecule has 0 aliphatic rings. The fraction of sp³-hybridized carbons (Fsp3) is 0.667. The van der Waals surface area contributed by atoms with Crippen molar-refractivity contribution >= 4 is 5.91 Å². The molecule has 13 heavy (non-hydrogen) atoms. The molecule has 0 aliphatic heterocycles. The van der Waals surface area contributed by atoms with Gasteiger partial charge in [-0.3, -0.25) is 4.79 Å². The summed E-state index contributed by atoms with van der Waals surface area (Å²) in [6.07, 6.45) is 1.06. The lowest BCUT2D eigenvalue weighted by Crippen LogP contribution is -2.25. The van der Waals surface area contributed by atoms with Crippen molar-refractivity contribution in [3.63, 3.8) is 0 Å². The maximum Gasteiger partial charge on any atom is 0.240 e. The predicted octanol–water partition coefficient (Wildman–Crippen LogP) is -0.233. The Hall–Kier alpha value is -0.870. The zero-order valence-electron chi connectivity index (χ0n) is 9.08. The number of hydrogen-bond acceptors (Lipinski definition) is 3. The van der Waals surface area contributed by atoms with Gasteiger partial charge in [0, 0.05) is 13.1 Å². The van der Waals surface area contributed by atoms with Gasteiger partial charge in [-0.15, -0.1) is 0 Å². The van der Waals surface area contributed by atoms with E-state index in [-0.39, 0.29) is 0 Å². The number of hydrogen-bond donors (Lipinski definition) is 1. The van der Waals surface area contributed by atoms with Crippen LogP contribution in [0.2, 0.25) is 0 Å². The summed E-state index contributed by atoms with van der Waals surface area (Å²) >= 11 is 0. The third-order valence-electron chi connectivity index (χ3n) is 1.20. The molecule has 0 unspecified atom stereocenters. The van der Waals surface area contributed by atoms with E-state index in [1.807, 2.05) is 0 Å². The molecule has 0 aromatic carbocycles. The monoisotopic (exact) mass is 187 g/mol. The summed E-state index contributed by atoms with van der Waals surface area (Å²) in [6, 6.07) is 0. The molecule has 4 nitrogen and oxygen atoms in total. The van der Waals surface area contributed by atoms with Gasteiger partial charge in [-0.2, -0.15) is 0 Å². The maximum absolute atomic E-state index is 9.47. The summed E-state index contributed by atoms with van der Waals surface area (Å²) in [7, 11) is 8.35. The Bertz CT molecular complexity index is 136. The van der Waals surface area contributed by atoms with Gasteiger partial charge >= 0.3 is 0 Å². The molecule has 0 aromatic rings. The number of nitrogens with two attached hydrogens (primary N) is 1. The molecule has 0 aromatic heterocycles. The lowest BCUT2D eigenvalue weighted by atomic mass is 10.5. The second-order valence-electron chi connectivity index (χ2n) is 3.21. The highest BCUT2D eigenvalue weighted by Gasteiger charge is 1.89. The topological polar surface area (TPSA) is 49.6 Å². The Kier molecular flexibility index (Phi) is 10.4. The zero-order valence-corrected chi connectivity index (χ0v) is 9.08. The molecule has 0 saturated carbocycles. The van der Waals surface area contributed by atoms with Crippen LogP contribution < -0.4 is 5.73 Å². The van der Waals surface area contributed by atoms with Crippen LogP contribution >= 0.6 is 0 Å². The van der Waals surface area contributed by atoms with E-state index in [2.05, 4.69) is 50.3 Å². The van der Waals surface area contributed by atoms with E-state index in [1.165, 1.54) is 0 Å². The average molecular weight is 187 g/mol. The molecule has 0 fully saturated rings. The van der Waals surface area contributed by atoms with E-state index in [0.29, 0.717) is 0 Å². The van der Waals surface area contributed by atoms with Crippen molar-refractivity contribution in [2.45, 2.75) is 0 Å². The van der Waals surface area contributed by atoms with Gasteiger partial charge in [0.05, 0.1) is 0 Å². The third kappa shape index (κ3) is 24.7. The highest BCUT2D eigenvalue weighted by atomic mass is 16.1. The molecule has 4 heteroatoms. The molecule has 0 atom stereocenters. The average Bonchev–Trinajstić information content (AvgIpc) is 2.02. The van der Waals surface area contributed by atoms with E-state index >= 15 is 0 Å². The van der Waals surface area contributed by atoms with Crippen LogP contribution in [0.3, 0.4) is 0 Å². The molecule has 0 aliphatic carbocycles. The SMILES string of the molecule is C=CC(N)=O.CN(C)CCN(C)C. The van der Waals surface area contributed by atoms with Crippen molar-refractivity contribution < 1.29 is 4.79 Å². The second-order valence-corrected chi connectivity index (χ2v) is 3.21. The van der Waals surface area contributed by atoms with Gasteiger partial charge in [0.25, 0.3) is 0 Å². The molecule has 0 saturated heterocycles. The Morgan fingerprint density at radius 1 is 1.23 bits per heavy atom. The fourth-order valence-electron chi connectivity index (χ4n) is 0.400. The first-order valence-corrected chi connectivity index (χ1v) is 4.11. The minimum absolute atomic E-state index is 0.481. The normalized spacial score (nSPS) is 9.38. The standard InChI is InChI=1S/C6H16N2.C3H5NO/c1-7(2)5-6-8(3)4;1-2-3(4)5/h5-6H2,1-4H3;2H,1H2,(H2,4,5). The van der Waals surface area contributed by atoms with Crippen LogP contribution in [-0.2, 0) is 4.79 Å². The number of carbonyl (C=O) groups is 1.